The molecule has 2 nitrogen and oxygen atoms in total. The van der Waals surface area contributed by atoms with Crippen LogP contribution >= 0.6 is 0 Å². The Kier molecular flexibility index (Phi) is 3.46. The van der Waals surface area contributed by atoms with E-state index in [0.29, 0.717) is 6.54 Å². The quantitative estimate of drug-likeness (QED) is 0.731. The molecular formula is C11H17NO. The van der Waals surface area contributed by atoms with Crippen LogP contribution in [0.3, 0.4) is 0 Å². The molecule has 0 amide bonds. The molecule has 72 valence electrons. The first-order valence-electron chi connectivity index (χ1n) is 4.65. The first-order valence-corrected chi connectivity index (χ1v) is 4.65. The van der Waals surface area contributed by atoms with Crippen LogP contribution in [0.5, 0.6) is 0 Å². The molecule has 0 heterocycles. The molecule has 0 aliphatic rings. The number of aliphatic hydroxyl groups excluding tert-OH is 1. The minimum atomic E-state index is -0.249. The first-order chi connectivity index (χ1) is 6.29. The van der Waals surface area contributed by atoms with Crippen molar-refractivity contribution in [3.05, 3.63) is 35.9 Å². The average Bonchev–Trinajstić information content (AvgIpc) is 2.23. The third-order valence-corrected chi connectivity index (χ3v) is 2.76. The van der Waals surface area contributed by atoms with Crippen molar-refractivity contribution in [1.82, 2.24) is 0 Å². The smallest absolute Gasteiger partial charge is 0.0540 e. The number of benzene rings is 1. The van der Waals surface area contributed by atoms with Crippen LogP contribution in [0.2, 0.25) is 0 Å². The largest absolute Gasteiger partial charge is 0.395 e. The van der Waals surface area contributed by atoms with Crippen LogP contribution in [0.1, 0.15) is 18.9 Å². The zero-order valence-corrected chi connectivity index (χ0v) is 8.03. The molecule has 3 N–H and O–H groups in total. The lowest BCUT2D eigenvalue weighted by molar-refractivity contribution is 0.192. The lowest BCUT2D eigenvalue weighted by atomic mass is 9.79. The molecule has 1 unspecified atom stereocenters. The van der Waals surface area contributed by atoms with Crippen LogP contribution in [0.4, 0.5) is 0 Å². The van der Waals surface area contributed by atoms with Gasteiger partial charge in [0, 0.05) is 12.0 Å². The highest BCUT2D eigenvalue weighted by Crippen LogP contribution is 2.25. The Balaban J connectivity index is 3.01. The molecule has 0 spiro atoms. The van der Waals surface area contributed by atoms with Gasteiger partial charge < -0.3 is 10.8 Å². The maximum atomic E-state index is 9.35. The molecular weight excluding hydrogens is 162 g/mol. The van der Waals surface area contributed by atoms with Gasteiger partial charge in [0.1, 0.15) is 0 Å². The molecule has 0 aromatic heterocycles. The second kappa shape index (κ2) is 4.40. The van der Waals surface area contributed by atoms with E-state index in [1.165, 1.54) is 0 Å². The standard InChI is InChI=1S/C11H17NO/c1-2-11(8-12,9-13)10-6-4-3-5-7-10/h3-7,13H,2,8-9,12H2,1H3. The highest BCUT2D eigenvalue weighted by Gasteiger charge is 2.27. The van der Waals surface area contributed by atoms with Crippen molar-refractivity contribution in [2.24, 2.45) is 5.73 Å². The number of rotatable bonds is 4. The van der Waals surface area contributed by atoms with Crippen LogP contribution in [-0.2, 0) is 5.41 Å². The Morgan fingerprint density at radius 3 is 2.31 bits per heavy atom. The molecule has 13 heavy (non-hydrogen) atoms. The Labute approximate surface area is 79.4 Å². The van der Waals surface area contributed by atoms with E-state index >= 15 is 0 Å². The average molecular weight is 179 g/mol. The highest BCUT2D eigenvalue weighted by atomic mass is 16.3. The maximum Gasteiger partial charge on any atom is 0.0540 e. The molecule has 0 saturated heterocycles. The highest BCUT2D eigenvalue weighted by molar-refractivity contribution is 5.25. The fraction of sp³-hybridized carbons (Fsp3) is 0.455. The third-order valence-electron chi connectivity index (χ3n) is 2.76. The molecule has 1 rings (SSSR count). The van der Waals surface area contributed by atoms with Crippen molar-refractivity contribution >= 4 is 0 Å². The van der Waals surface area contributed by atoms with Crippen molar-refractivity contribution in [2.75, 3.05) is 13.2 Å². The van der Waals surface area contributed by atoms with Gasteiger partial charge >= 0.3 is 0 Å². The summed E-state index contributed by atoms with van der Waals surface area (Å²) in [6.07, 6.45) is 0.865. The van der Waals surface area contributed by atoms with E-state index in [1.54, 1.807) is 0 Å². The Hall–Kier alpha value is -0.860. The molecule has 0 bridgehead atoms. The van der Waals surface area contributed by atoms with Crippen LogP contribution < -0.4 is 5.73 Å². The van der Waals surface area contributed by atoms with Gasteiger partial charge in [-0.2, -0.15) is 0 Å². The number of hydrogen-bond donors (Lipinski definition) is 2. The normalized spacial score (nSPS) is 15.3. The summed E-state index contributed by atoms with van der Waals surface area (Å²) in [5.41, 5.74) is 6.58. The Morgan fingerprint density at radius 1 is 1.31 bits per heavy atom. The Morgan fingerprint density at radius 2 is 1.92 bits per heavy atom. The summed E-state index contributed by atoms with van der Waals surface area (Å²) in [7, 11) is 0. The van der Waals surface area contributed by atoms with Crippen molar-refractivity contribution in [1.29, 1.82) is 0 Å². The van der Waals surface area contributed by atoms with E-state index in [-0.39, 0.29) is 12.0 Å². The summed E-state index contributed by atoms with van der Waals surface area (Å²) in [6.45, 7) is 2.66. The van der Waals surface area contributed by atoms with E-state index in [4.69, 9.17) is 5.73 Å². The summed E-state index contributed by atoms with van der Waals surface area (Å²) in [5.74, 6) is 0. The van der Waals surface area contributed by atoms with Gasteiger partial charge in [-0.1, -0.05) is 37.3 Å². The Bertz CT molecular complexity index is 233. The van der Waals surface area contributed by atoms with E-state index in [2.05, 4.69) is 6.92 Å². The molecule has 0 aliphatic heterocycles. The fourth-order valence-electron chi connectivity index (χ4n) is 1.53. The molecule has 1 aromatic rings. The predicted molar refractivity (Wildman–Crippen MR) is 54.6 cm³/mol. The summed E-state index contributed by atoms with van der Waals surface area (Å²) in [6, 6.07) is 9.97. The number of nitrogens with two attached hydrogens (primary N) is 1. The van der Waals surface area contributed by atoms with Gasteiger partial charge in [0.2, 0.25) is 0 Å². The zero-order valence-electron chi connectivity index (χ0n) is 8.03. The molecule has 1 atom stereocenters. The minimum absolute atomic E-state index is 0.115. The fourth-order valence-corrected chi connectivity index (χ4v) is 1.53. The van der Waals surface area contributed by atoms with E-state index in [9.17, 15) is 5.11 Å². The predicted octanol–water partition coefficient (Wildman–Crippen LogP) is 1.29. The minimum Gasteiger partial charge on any atom is -0.395 e. The van der Waals surface area contributed by atoms with Crippen LogP contribution in [0, 0.1) is 0 Å². The van der Waals surface area contributed by atoms with Crippen LogP contribution in [0.15, 0.2) is 30.3 Å². The van der Waals surface area contributed by atoms with Gasteiger partial charge in [0.25, 0.3) is 0 Å². The zero-order chi connectivity index (χ0) is 9.73. The van der Waals surface area contributed by atoms with Gasteiger partial charge in [0.15, 0.2) is 0 Å². The lowest BCUT2D eigenvalue weighted by Gasteiger charge is -2.29. The second-order valence-corrected chi connectivity index (χ2v) is 3.36. The third kappa shape index (κ3) is 1.90. The van der Waals surface area contributed by atoms with E-state index < -0.39 is 0 Å². The maximum absolute atomic E-state index is 9.35. The summed E-state index contributed by atoms with van der Waals surface area (Å²) >= 11 is 0. The molecule has 0 aliphatic carbocycles. The molecule has 0 saturated carbocycles. The van der Waals surface area contributed by atoms with Crippen LogP contribution in [-0.4, -0.2) is 18.3 Å². The van der Waals surface area contributed by atoms with Crippen molar-refractivity contribution in [2.45, 2.75) is 18.8 Å². The monoisotopic (exact) mass is 179 g/mol. The molecule has 1 aromatic carbocycles. The van der Waals surface area contributed by atoms with Gasteiger partial charge in [-0.25, -0.2) is 0 Å². The van der Waals surface area contributed by atoms with Crippen LogP contribution in [0.25, 0.3) is 0 Å². The van der Waals surface area contributed by atoms with Gasteiger partial charge in [0.05, 0.1) is 6.61 Å². The van der Waals surface area contributed by atoms with Gasteiger partial charge in [-0.15, -0.1) is 0 Å². The SMILES string of the molecule is CCC(CN)(CO)c1ccccc1. The molecule has 2 heteroatoms. The van der Waals surface area contributed by atoms with E-state index in [1.807, 2.05) is 30.3 Å². The number of aliphatic hydroxyl groups is 1. The lowest BCUT2D eigenvalue weighted by Crippen LogP contribution is -2.38. The van der Waals surface area contributed by atoms with Crippen molar-refractivity contribution < 1.29 is 5.11 Å². The van der Waals surface area contributed by atoms with Gasteiger partial charge in [-0.3, -0.25) is 0 Å². The summed E-state index contributed by atoms with van der Waals surface area (Å²) < 4.78 is 0. The van der Waals surface area contributed by atoms with Crippen molar-refractivity contribution in [3.63, 3.8) is 0 Å². The van der Waals surface area contributed by atoms with E-state index in [0.717, 1.165) is 12.0 Å². The van der Waals surface area contributed by atoms with Crippen molar-refractivity contribution in [3.8, 4) is 0 Å². The summed E-state index contributed by atoms with van der Waals surface area (Å²) in [4.78, 5) is 0. The molecule has 0 fully saturated rings. The first kappa shape index (κ1) is 10.2. The molecule has 0 radical (unpaired) electrons. The summed E-state index contributed by atoms with van der Waals surface area (Å²) in [5, 5.41) is 9.35. The van der Waals surface area contributed by atoms with Gasteiger partial charge in [-0.05, 0) is 12.0 Å². The second-order valence-electron chi connectivity index (χ2n) is 3.36. The topological polar surface area (TPSA) is 46.2 Å². The number of hydrogen-bond acceptors (Lipinski definition) is 2.